The molecule has 0 amide bonds. The summed E-state index contributed by atoms with van der Waals surface area (Å²) < 4.78 is 2.19. The summed E-state index contributed by atoms with van der Waals surface area (Å²) in [6.45, 7) is 3.23. The molecule has 1 N–H and O–H groups in total. The summed E-state index contributed by atoms with van der Waals surface area (Å²) in [4.78, 5) is 4.63. The highest BCUT2D eigenvalue weighted by Gasteiger charge is 2.20. The highest BCUT2D eigenvalue weighted by Crippen LogP contribution is 2.23. The summed E-state index contributed by atoms with van der Waals surface area (Å²) >= 11 is 0. The summed E-state index contributed by atoms with van der Waals surface area (Å²) in [6, 6.07) is 6.56. The second-order valence-electron chi connectivity index (χ2n) is 3.80. The molecule has 0 bridgehead atoms. The fourth-order valence-corrected chi connectivity index (χ4v) is 2.21. The molecular weight excluding hydrogens is 174 g/mol. The molecule has 72 valence electrons. The van der Waals surface area contributed by atoms with Gasteiger partial charge in [-0.15, -0.1) is 0 Å². The van der Waals surface area contributed by atoms with Gasteiger partial charge in [-0.2, -0.15) is 0 Å². The zero-order chi connectivity index (χ0) is 9.54. The Labute approximate surface area is 82.8 Å². The minimum absolute atomic E-state index is 0.413. The van der Waals surface area contributed by atoms with Crippen molar-refractivity contribution in [3.63, 3.8) is 0 Å². The monoisotopic (exact) mass is 187 g/mol. The summed E-state index contributed by atoms with van der Waals surface area (Å²) in [5.74, 6) is 0. The first kappa shape index (κ1) is 8.00. The van der Waals surface area contributed by atoms with Crippen molar-refractivity contribution >= 4 is 5.65 Å². The Morgan fingerprint density at radius 3 is 3.36 bits per heavy atom. The van der Waals surface area contributed by atoms with E-state index in [4.69, 9.17) is 0 Å². The standard InChI is InChI=1S/C11H13N3/c1-8-11-9(5-6-12-8)13-10-4-2-3-7-14(10)11/h2-4,7-8,12H,5-6H2,1H3. The molecule has 1 aliphatic heterocycles. The van der Waals surface area contributed by atoms with Crippen molar-refractivity contribution in [2.24, 2.45) is 0 Å². The molecule has 2 aromatic rings. The maximum atomic E-state index is 4.63. The predicted molar refractivity (Wildman–Crippen MR) is 55.3 cm³/mol. The Bertz CT molecular complexity index is 472. The summed E-state index contributed by atoms with van der Waals surface area (Å²) in [7, 11) is 0. The Morgan fingerprint density at radius 2 is 2.43 bits per heavy atom. The van der Waals surface area contributed by atoms with Gasteiger partial charge in [-0.1, -0.05) is 6.07 Å². The first-order valence-electron chi connectivity index (χ1n) is 5.05. The van der Waals surface area contributed by atoms with Gasteiger partial charge < -0.3 is 9.72 Å². The zero-order valence-electron chi connectivity index (χ0n) is 8.20. The second kappa shape index (κ2) is 2.82. The van der Waals surface area contributed by atoms with Crippen LogP contribution in [0.25, 0.3) is 5.65 Å². The van der Waals surface area contributed by atoms with Crippen LogP contribution in [0.5, 0.6) is 0 Å². The van der Waals surface area contributed by atoms with Gasteiger partial charge in [-0.25, -0.2) is 4.98 Å². The van der Waals surface area contributed by atoms with Crippen molar-refractivity contribution in [2.75, 3.05) is 6.54 Å². The van der Waals surface area contributed by atoms with Crippen molar-refractivity contribution < 1.29 is 0 Å². The van der Waals surface area contributed by atoms with E-state index in [1.54, 1.807) is 0 Å². The first-order valence-corrected chi connectivity index (χ1v) is 5.05. The van der Waals surface area contributed by atoms with Crippen molar-refractivity contribution in [1.29, 1.82) is 0 Å². The third-order valence-electron chi connectivity index (χ3n) is 2.87. The van der Waals surface area contributed by atoms with Crippen molar-refractivity contribution in [1.82, 2.24) is 14.7 Å². The van der Waals surface area contributed by atoms with E-state index in [-0.39, 0.29) is 0 Å². The predicted octanol–water partition coefficient (Wildman–Crippen LogP) is 1.54. The largest absolute Gasteiger partial charge is 0.308 e. The Balaban J connectivity index is 2.34. The quantitative estimate of drug-likeness (QED) is 0.678. The van der Waals surface area contributed by atoms with E-state index >= 15 is 0 Å². The van der Waals surface area contributed by atoms with Gasteiger partial charge in [-0.3, -0.25) is 0 Å². The maximum absolute atomic E-state index is 4.63. The van der Waals surface area contributed by atoms with Gasteiger partial charge in [0, 0.05) is 25.2 Å². The van der Waals surface area contributed by atoms with Gasteiger partial charge in [-0.05, 0) is 19.1 Å². The second-order valence-corrected chi connectivity index (χ2v) is 3.80. The lowest BCUT2D eigenvalue weighted by atomic mass is 10.1. The fraction of sp³-hybridized carbons (Fsp3) is 0.364. The summed E-state index contributed by atoms with van der Waals surface area (Å²) in [5.41, 5.74) is 3.64. The number of hydrogen-bond donors (Lipinski definition) is 1. The molecule has 0 saturated carbocycles. The smallest absolute Gasteiger partial charge is 0.137 e. The molecule has 2 aromatic heterocycles. The van der Waals surface area contributed by atoms with E-state index in [9.17, 15) is 0 Å². The van der Waals surface area contributed by atoms with E-state index < -0.39 is 0 Å². The molecular formula is C11H13N3. The van der Waals surface area contributed by atoms with E-state index in [0.717, 1.165) is 18.6 Å². The molecule has 1 unspecified atom stereocenters. The minimum atomic E-state index is 0.413. The number of pyridine rings is 1. The van der Waals surface area contributed by atoms with Crippen LogP contribution < -0.4 is 5.32 Å². The molecule has 3 rings (SSSR count). The van der Waals surface area contributed by atoms with E-state index in [1.807, 2.05) is 6.07 Å². The fourth-order valence-electron chi connectivity index (χ4n) is 2.21. The molecule has 1 atom stereocenters. The van der Waals surface area contributed by atoms with E-state index in [1.165, 1.54) is 11.4 Å². The zero-order valence-corrected chi connectivity index (χ0v) is 8.20. The molecule has 14 heavy (non-hydrogen) atoms. The number of nitrogens with zero attached hydrogens (tertiary/aromatic N) is 2. The molecule has 3 heteroatoms. The lowest BCUT2D eigenvalue weighted by molar-refractivity contribution is 0.521. The number of nitrogens with one attached hydrogen (secondary N) is 1. The van der Waals surface area contributed by atoms with Gasteiger partial charge in [0.15, 0.2) is 0 Å². The van der Waals surface area contributed by atoms with Crippen LogP contribution >= 0.6 is 0 Å². The highest BCUT2D eigenvalue weighted by atomic mass is 15.1. The number of aromatic nitrogens is 2. The molecule has 0 aromatic carbocycles. The van der Waals surface area contributed by atoms with Crippen LogP contribution in [0.1, 0.15) is 24.4 Å². The van der Waals surface area contributed by atoms with Gasteiger partial charge in [0.05, 0.1) is 11.4 Å². The third kappa shape index (κ3) is 0.990. The molecule has 0 fully saturated rings. The normalized spacial score (nSPS) is 21.1. The average molecular weight is 187 g/mol. The lowest BCUT2D eigenvalue weighted by Crippen LogP contribution is -2.28. The lowest BCUT2D eigenvalue weighted by Gasteiger charge is -2.20. The molecule has 0 saturated heterocycles. The van der Waals surface area contributed by atoms with Crippen LogP contribution in [0.3, 0.4) is 0 Å². The van der Waals surface area contributed by atoms with Crippen LogP contribution in [-0.2, 0) is 6.42 Å². The first-order chi connectivity index (χ1) is 6.86. The third-order valence-corrected chi connectivity index (χ3v) is 2.87. The molecule has 0 radical (unpaired) electrons. The van der Waals surface area contributed by atoms with E-state index in [2.05, 4.69) is 40.0 Å². The molecule has 0 spiro atoms. The van der Waals surface area contributed by atoms with Gasteiger partial charge in [0.25, 0.3) is 0 Å². The number of rotatable bonds is 0. The number of hydrogen-bond acceptors (Lipinski definition) is 2. The maximum Gasteiger partial charge on any atom is 0.137 e. The van der Waals surface area contributed by atoms with Crippen LogP contribution in [-0.4, -0.2) is 15.9 Å². The molecule has 3 heterocycles. The van der Waals surface area contributed by atoms with E-state index in [0.29, 0.717) is 6.04 Å². The number of imidazole rings is 1. The number of fused-ring (bicyclic) bond motifs is 3. The van der Waals surface area contributed by atoms with Crippen LogP contribution in [0, 0.1) is 0 Å². The van der Waals surface area contributed by atoms with Crippen molar-refractivity contribution in [3.8, 4) is 0 Å². The van der Waals surface area contributed by atoms with Crippen molar-refractivity contribution in [2.45, 2.75) is 19.4 Å². The molecule has 3 nitrogen and oxygen atoms in total. The van der Waals surface area contributed by atoms with Gasteiger partial charge >= 0.3 is 0 Å². The minimum Gasteiger partial charge on any atom is -0.308 e. The summed E-state index contributed by atoms with van der Waals surface area (Å²) in [6.07, 6.45) is 3.13. The van der Waals surface area contributed by atoms with Crippen LogP contribution in [0.4, 0.5) is 0 Å². The topological polar surface area (TPSA) is 29.3 Å². The van der Waals surface area contributed by atoms with Gasteiger partial charge in [0.1, 0.15) is 5.65 Å². The molecule has 0 aliphatic carbocycles. The molecule has 1 aliphatic rings. The SMILES string of the molecule is CC1NCCc2nc3ccccn3c21. The Kier molecular flexibility index (Phi) is 1.61. The van der Waals surface area contributed by atoms with Gasteiger partial charge in [0.2, 0.25) is 0 Å². The highest BCUT2D eigenvalue weighted by molar-refractivity contribution is 5.44. The Hall–Kier alpha value is -1.35. The summed E-state index contributed by atoms with van der Waals surface area (Å²) in [5, 5.41) is 3.46. The Morgan fingerprint density at radius 1 is 1.50 bits per heavy atom. The van der Waals surface area contributed by atoms with Crippen LogP contribution in [0.2, 0.25) is 0 Å². The van der Waals surface area contributed by atoms with Crippen molar-refractivity contribution in [3.05, 3.63) is 35.8 Å². The van der Waals surface area contributed by atoms with Crippen LogP contribution in [0.15, 0.2) is 24.4 Å². The average Bonchev–Trinajstić information content (AvgIpc) is 2.57.